The average molecular weight is 395 g/mol. The maximum absolute atomic E-state index is 13.0. The molecule has 1 unspecified atom stereocenters. The van der Waals surface area contributed by atoms with Crippen molar-refractivity contribution < 1.29 is 40.1 Å². The predicted octanol–water partition coefficient (Wildman–Crippen LogP) is 2.56. The van der Waals surface area contributed by atoms with E-state index in [-0.39, 0.29) is 4.47 Å². The second-order valence-corrected chi connectivity index (χ2v) is 6.26. The van der Waals surface area contributed by atoms with Crippen molar-refractivity contribution in [3.8, 4) is 0 Å². The van der Waals surface area contributed by atoms with E-state index in [1.54, 1.807) is 0 Å². The van der Waals surface area contributed by atoms with Gasteiger partial charge in [-0.25, -0.2) is 9.18 Å². The molecule has 0 aromatic heterocycles. The molecule has 1 aromatic rings. The van der Waals surface area contributed by atoms with Gasteiger partial charge in [-0.2, -0.15) is 21.6 Å². The predicted molar refractivity (Wildman–Crippen MR) is 65.8 cm³/mol. The molecule has 0 heterocycles. The number of esters is 1. The summed E-state index contributed by atoms with van der Waals surface area (Å²) in [5, 5.41) is 0. The number of alkyl halides is 3. The summed E-state index contributed by atoms with van der Waals surface area (Å²) < 4.78 is 84.2. The van der Waals surface area contributed by atoms with Crippen LogP contribution in [0.5, 0.6) is 0 Å². The van der Waals surface area contributed by atoms with Gasteiger partial charge < -0.3 is 4.74 Å². The van der Waals surface area contributed by atoms with E-state index < -0.39 is 45.5 Å². The van der Waals surface area contributed by atoms with Gasteiger partial charge in [0.1, 0.15) is 11.6 Å². The fourth-order valence-corrected chi connectivity index (χ4v) is 2.36. The van der Waals surface area contributed by atoms with Crippen molar-refractivity contribution >= 4 is 32.0 Å². The van der Waals surface area contributed by atoms with Crippen LogP contribution in [-0.2, 0) is 14.9 Å². The average Bonchev–Trinajstić information content (AvgIpc) is 2.23. The lowest BCUT2D eigenvalue weighted by Crippen LogP contribution is -2.39. The van der Waals surface area contributed by atoms with Gasteiger partial charge in [0.05, 0.1) is 5.56 Å². The molecular weight excluding hydrogens is 388 g/mol. The summed E-state index contributed by atoms with van der Waals surface area (Å²) in [5.41, 5.74) is -0.550. The third-order valence-corrected chi connectivity index (χ3v) is 3.26. The fourth-order valence-electron chi connectivity index (χ4n) is 1.26. The minimum Gasteiger partial charge on any atom is -0.448 e. The molecule has 0 saturated carbocycles. The number of ether oxygens (including phenoxy) is 1. The van der Waals surface area contributed by atoms with E-state index in [0.29, 0.717) is 6.07 Å². The van der Waals surface area contributed by atoms with Gasteiger partial charge in [0.2, 0.25) is 6.10 Å². The molecule has 118 valence electrons. The van der Waals surface area contributed by atoms with E-state index in [2.05, 4.69) is 20.7 Å². The van der Waals surface area contributed by atoms with Crippen LogP contribution in [0.4, 0.5) is 17.6 Å². The first-order valence-electron chi connectivity index (χ1n) is 5.07. The molecule has 0 aliphatic heterocycles. The molecule has 21 heavy (non-hydrogen) atoms. The highest BCUT2D eigenvalue weighted by Crippen LogP contribution is 2.25. The van der Waals surface area contributed by atoms with Crippen LogP contribution < -0.4 is 0 Å². The van der Waals surface area contributed by atoms with Crippen molar-refractivity contribution in [3.05, 3.63) is 34.1 Å². The Morgan fingerprint density at radius 3 is 2.33 bits per heavy atom. The summed E-state index contributed by atoms with van der Waals surface area (Å²) >= 11 is 2.83. The third-order valence-electron chi connectivity index (χ3n) is 2.07. The Morgan fingerprint density at radius 1 is 1.33 bits per heavy atom. The van der Waals surface area contributed by atoms with Gasteiger partial charge in [-0.3, -0.25) is 4.55 Å². The van der Waals surface area contributed by atoms with Crippen molar-refractivity contribution in [2.24, 2.45) is 0 Å². The normalized spacial score (nSPS) is 13.8. The molecule has 0 aliphatic rings. The van der Waals surface area contributed by atoms with E-state index >= 15 is 0 Å². The SMILES string of the molecule is O=C(OC(CS(=O)(=O)O)C(F)(F)F)c1cc(F)cc(Br)c1. The number of hydrogen-bond acceptors (Lipinski definition) is 4. The van der Waals surface area contributed by atoms with E-state index in [1.807, 2.05) is 0 Å². The van der Waals surface area contributed by atoms with Crippen molar-refractivity contribution in [3.63, 3.8) is 0 Å². The quantitative estimate of drug-likeness (QED) is 0.482. The van der Waals surface area contributed by atoms with Crippen molar-refractivity contribution in [2.45, 2.75) is 12.3 Å². The number of benzene rings is 1. The van der Waals surface area contributed by atoms with Crippen LogP contribution in [0.15, 0.2) is 22.7 Å². The molecule has 0 bridgehead atoms. The molecule has 0 aliphatic carbocycles. The van der Waals surface area contributed by atoms with Crippen molar-refractivity contribution in [1.82, 2.24) is 0 Å². The standard InChI is InChI=1S/C10H7BrF4O5S/c11-6-1-5(2-7(12)3-6)9(16)20-8(10(13,14)15)4-21(17,18)19/h1-3,8H,4H2,(H,17,18,19). The minimum atomic E-state index is -5.21. The number of hydrogen-bond donors (Lipinski definition) is 1. The van der Waals surface area contributed by atoms with Gasteiger partial charge >= 0.3 is 12.1 Å². The first kappa shape index (κ1) is 17.9. The van der Waals surface area contributed by atoms with E-state index in [4.69, 9.17) is 4.55 Å². The molecular formula is C10H7BrF4O5S. The molecule has 0 saturated heterocycles. The van der Waals surface area contributed by atoms with Crippen LogP contribution in [0.3, 0.4) is 0 Å². The summed E-state index contributed by atoms with van der Waals surface area (Å²) in [7, 11) is -5.03. The fraction of sp³-hybridized carbons (Fsp3) is 0.300. The number of carbonyl (C=O) groups excluding carboxylic acids is 1. The Labute approximate surface area is 124 Å². The molecule has 5 nitrogen and oxygen atoms in total. The van der Waals surface area contributed by atoms with E-state index in [0.717, 1.165) is 12.1 Å². The molecule has 1 rings (SSSR count). The smallest absolute Gasteiger partial charge is 0.426 e. The largest absolute Gasteiger partial charge is 0.448 e. The molecule has 1 atom stereocenters. The topological polar surface area (TPSA) is 80.7 Å². The van der Waals surface area contributed by atoms with Crippen molar-refractivity contribution in [2.75, 3.05) is 5.75 Å². The summed E-state index contributed by atoms with van der Waals surface area (Å²) in [4.78, 5) is 11.5. The van der Waals surface area contributed by atoms with E-state index in [1.165, 1.54) is 0 Å². The highest BCUT2D eigenvalue weighted by Gasteiger charge is 2.45. The van der Waals surface area contributed by atoms with Crippen LogP contribution >= 0.6 is 15.9 Å². The molecule has 1 aromatic carbocycles. The summed E-state index contributed by atoms with van der Waals surface area (Å²) in [5.74, 6) is -4.34. The first-order valence-corrected chi connectivity index (χ1v) is 7.47. The number of carbonyl (C=O) groups is 1. The van der Waals surface area contributed by atoms with Gasteiger partial charge in [-0.1, -0.05) is 15.9 Å². The molecule has 1 N–H and O–H groups in total. The van der Waals surface area contributed by atoms with Crippen LogP contribution in [0, 0.1) is 5.82 Å². The van der Waals surface area contributed by atoms with Crippen LogP contribution in [0.1, 0.15) is 10.4 Å². The molecule has 0 spiro atoms. The number of rotatable bonds is 4. The van der Waals surface area contributed by atoms with E-state index in [9.17, 15) is 30.8 Å². The Balaban J connectivity index is 3.00. The van der Waals surface area contributed by atoms with Crippen LogP contribution in [0.2, 0.25) is 0 Å². The maximum Gasteiger partial charge on any atom is 0.426 e. The van der Waals surface area contributed by atoms with Crippen molar-refractivity contribution in [1.29, 1.82) is 0 Å². The monoisotopic (exact) mass is 394 g/mol. The Hall–Kier alpha value is -1.20. The van der Waals surface area contributed by atoms with Gasteiger partial charge in [0, 0.05) is 4.47 Å². The highest BCUT2D eigenvalue weighted by atomic mass is 79.9. The van der Waals surface area contributed by atoms with Gasteiger partial charge in [0.15, 0.2) is 0 Å². The Bertz CT molecular complexity index is 623. The lowest BCUT2D eigenvalue weighted by atomic mass is 10.2. The Kier molecular flexibility index (Phi) is 5.34. The number of halogens is 5. The zero-order valence-corrected chi connectivity index (χ0v) is 12.3. The maximum atomic E-state index is 13.0. The summed E-state index contributed by atoms with van der Waals surface area (Å²) in [6.07, 6.45) is -8.28. The highest BCUT2D eigenvalue weighted by molar-refractivity contribution is 9.10. The third kappa shape index (κ3) is 5.98. The van der Waals surface area contributed by atoms with Crippen LogP contribution in [-0.4, -0.2) is 37.0 Å². The second-order valence-electron chi connectivity index (χ2n) is 3.84. The van der Waals surface area contributed by atoms with Gasteiger partial charge in [-0.15, -0.1) is 0 Å². The summed E-state index contributed by atoms with van der Waals surface area (Å²) in [6.45, 7) is 0. The molecule has 0 radical (unpaired) electrons. The van der Waals surface area contributed by atoms with Gasteiger partial charge in [0.25, 0.3) is 10.1 Å². The van der Waals surface area contributed by atoms with Gasteiger partial charge in [-0.05, 0) is 18.2 Å². The zero-order chi connectivity index (χ0) is 16.4. The first-order chi connectivity index (χ1) is 9.38. The van der Waals surface area contributed by atoms with Crippen LogP contribution in [0.25, 0.3) is 0 Å². The molecule has 11 heteroatoms. The second kappa shape index (κ2) is 6.28. The lowest BCUT2D eigenvalue weighted by Gasteiger charge is -2.19. The molecule has 0 amide bonds. The minimum absolute atomic E-state index is 0.0767. The summed E-state index contributed by atoms with van der Waals surface area (Å²) in [6, 6.07) is 2.57. The lowest BCUT2D eigenvalue weighted by molar-refractivity contribution is -0.197. The molecule has 0 fully saturated rings. The Morgan fingerprint density at radius 2 is 1.90 bits per heavy atom. The zero-order valence-electron chi connectivity index (χ0n) is 9.89.